The highest BCUT2D eigenvalue weighted by molar-refractivity contribution is 5.91. The topological polar surface area (TPSA) is 33.5 Å². The Morgan fingerprint density at radius 3 is 2.50 bits per heavy atom. The molecular weight excluding hydrogens is 226 g/mol. The maximum Gasteiger partial charge on any atom is 0.196 e. The van der Waals surface area contributed by atoms with Gasteiger partial charge in [-0.2, -0.15) is 0 Å². The average molecular weight is 249 g/mol. The molecule has 0 saturated heterocycles. The molecule has 0 unspecified atom stereocenters. The molecule has 18 heavy (non-hydrogen) atoms. The molecule has 0 aromatic carbocycles. The van der Waals surface area contributed by atoms with E-state index in [9.17, 15) is 4.79 Å². The highest BCUT2D eigenvalue weighted by Gasteiger charge is 2.24. The predicted octanol–water partition coefficient (Wildman–Crippen LogP) is 3.89. The molecular formula is C15H23NO2. The molecule has 1 aliphatic carbocycles. The third-order valence-corrected chi connectivity index (χ3v) is 4.23. The van der Waals surface area contributed by atoms with Gasteiger partial charge < -0.3 is 9.32 Å². The highest BCUT2D eigenvalue weighted by Crippen LogP contribution is 2.31. The van der Waals surface area contributed by atoms with Crippen LogP contribution in [0.25, 0.3) is 0 Å². The van der Waals surface area contributed by atoms with Crippen LogP contribution in [-0.2, 0) is 0 Å². The first-order valence-electron chi connectivity index (χ1n) is 6.95. The maximum atomic E-state index is 11.2. The summed E-state index contributed by atoms with van der Waals surface area (Å²) in [7, 11) is 2.07. The summed E-state index contributed by atoms with van der Waals surface area (Å²) < 4.78 is 5.59. The van der Waals surface area contributed by atoms with Gasteiger partial charge >= 0.3 is 0 Å². The third kappa shape index (κ3) is 2.77. The average Bonchev–Trinajstić information content (AvgIpc) is 2.88. The smallest absolute Gasteiger partial charge is 0.196 e. The van der Waals surface area contributed by atoms with Crippen molar-refractivity contribution in [1.29, 1.82) is 0 Å². The highest BCUT2D eigenvalue weighted by atomic mass is 16.4. The number of ketones is 1. The van der Waals surface area contributed by atoms with Gasteiger partial charge in [-0.15, -0.1) is 0 Å². The number of rotatable bonds is 4. The van der Waals surface area contributed by atoms with E-state index in [0.717, 1.165) is 11.8 Å². The first-order valence-corrected chi connectivity index (χ1v) is 6.95. The van der Waals surface area contributed by atoms with E-state index in [1.807, 2.05) is 6.07 Å². The number of hydrogen-bond donors (Lipinski definition) is 0. The predicted molar refractivity (Wildman–Crippen MR) is 73.2 cm³/mol. The SMILES string of the molecule is CCC1CCC(N(C)c2ccc(C(C)=O)o2)CC1. The van der Waals surface area contributed by atoms with E-state index in [4.69, 9.17) is 4.42 Å². The van der Waals surface area contributed by atoms with Crippen molar-refractivity contribution in [2.45, 2.75) is 52.0 Å². The molecule has 1 aromatic rings. The molecule has 1 fully saturated rings. The van der Waals surface area contributed by atoms with Gasteiger partial charge in [0.1, 0.15) is 0 Å². The van der Waals surface area contributed by atoms with Gasteiger partial charge in [0.15, 0.2) is 17.4 Å². The molecule has 0 N–H and O–H groups in total. The van der Waals surface area contributed by atoms with Crippen LogP contribution >= 0.6 is 0 Å². The summed E-state index contributed by atoms with van der Waals surface area (Å²) in [5.74, 6) is 2.17. The van der Waals surface area contributed by atoms with Crippen molar-refractivity contribution in [1.82, 2.24) is 0 Å². The number of hydrogen-bond acceptors (Lipinski definition) is 3. The third-order valence-electron chi connectivity index (χ3n) is 4.23. The zero-order chi connectivity index (χ0) is 13.1. The normalized spacial score (nSPS) is 23.9. The Balaban J connectivity index is 1.98. The van der Waals surface area contributed by atoms with Crippen LogP contribution in [0, 0.1) is 5.92 Å². The van der Waals surface area contributed by atoms with Crippen molar-refractivity contribution in [2.75, 3.05) is 11.9 Å². The van der Waals surface area contributed by atoms with Gasteiger partial charge in [0.05, 0.1) is 0 Å². The van der Waals surface area contributed by atoms with Gasteiger partial charge in [-0.25, -0.2) is 0 Å². The zero-order valence-corrected chi connectivity index (χ0v) is 11.6. The lowest BCUT2D eigenvalue weighted by molar-refractivity contribution is 0.0987. The Hall–Kier alpha value is -1.25. The van der Waals surface area contributed by atoms with Crippen molar-refractivity contribution in [2.24, 2.45) is 5.92 Å². The Morgan fingerprint density at radius 2 is 2.00 bits per heavy atom. The molecule has 3 nitrogen and oxygen atoms in total. The van der Waals surface area contributed by atoms with Crippen LogP contribution in [0.15, 0.2) is 16.5 Å². The molecule has 1 aromatic heterocycles. The molecule has 0 spiro atoms. The zero-order valence-electron chi connectivity index (χ0n) is 11.6. The van der Waals surface area contributed by atoms with Gasteiger partial charge in [0.25, 0.3) is 0 Å². The standard InChI is InChI=1S/C15H23NO2/c1-4-12-5-7-13(8-6-12)16(3)15-10-9-14(18-15)11(2)17/h9-10,12-13H,4-8H2,1-3H3. The van der Waals surface area contributed by atoms with E-state index in [0.29, 0.717) is 11.8 Å². The molecule has 0 aliphatic heterocycles. The van der Waals surface area contributed by atoms with E-state index in [-0.39, 0.29) is 5.78 Å². The molecule has 100 valence electrons. The van der Waals surface area contributed by atoms with Crippen LogP contribution in [0.4, 0.5) is 5.88 Å². The number of anilines is 1. The summed E-state index contributed by atoms with van der Waals surface area (Å²) in [6.07, 6.45) is 6.37. The minimum Gasteiger partial charge on any atom is -0.437 e. The van der Waals surface area contributed by atoms with Gasteiger partial charge in [-0.3, -0.25) is 4.79 Å². The summed E-state index contributed by atoms with van der Waals surface area (Å²) in [6.45, 7) is 3.81. The number of Topliss-reactive ketones (excluding diaryl/α,β-unsaturated/α-hetero) is 1. The summed E-state index contributed by atoms with van der Waals surface area (Å²) in [5, 5.41) is 0. The molecule has 0 amide bonds. The summed E-state index contributed by atoms with van der Waals surface area (Å²) >= 11 is 0. The van der Waals surface area contributed by atoms with Crippen LogP contribution in [0.1, 0.15) is 56.5 Å². The molecule has 0 atom stereocenters. The van der Waals surface area contributed by atoms with Crippen molar-refractivity contribution in [3.63, 3.8) is 0 Å². The Kier molecular flexibility index (Phi) is 4.10. The van der Waals surface area contributed by atoms with E-state index >= 15 is 0 Å². The van der Waals surface area contributed by atoms with Crippen molar-refractivity contribution >= 4 is 11.7 Å². The number of carbonyl (C=O) groups excluding carboxylic acids is 1. The lowest BCUT2D eigenvalue weighted by Crippen LogP contribution is -2.34. The van der Waals surface area contributed by atoms with Gasteiger partial charge in [-0.05, 0) is 37.7 Å². The van der Waals surface area contributed by atoms with Crippen LogP contribution < -0.4 is 4.90 Å². The van der Waals surface area contributed by atoms with Crippen LogP contribution in [0.2, 0.25) is 0 Å². The first-order chi connectivity index (χ1) is 8.61. The lowest BCUT2D eigenvalue weighted by Gasteiger charge is -2.34. The lowest BCUT2D eigenvalue weighted by atomic mass is 9.84. The minimum atomic E-state index is -0.00987. The number of carbonyl (C=O) groups is 1. The van der Waals surface area contributed by atoms with Crippen molar-refractivity contribution in [3.8, 4) is 0 Å². The second-order valence-electron chi connectivity index (χ2n) is 5.39. The second kappa shape index (κ2) is 5.59. The Bertz CT molecular complexity index is 402. The molecule has 3 heteroatoms. The van der Waals surface area contributed by atoms with Crippen LogP contribution in [0.5, 0.6) is 0 Å². The van der Waals surface area contributed by atoms with Crippen LogP contribution in [-0.4, -0.2) is 18.9 Å². The fourth-order valence-corrected chi connectivity index (χ4v) is 2.83. The molecule has 1 heterocycles. The minimum absolute atomic E-state index is 0.00987. The molecule has 1 saturated carbocycles. The summed E-state index contributed by atoms with van der Waals surface area (Å²) in [4.78, 5) is 13.4. The Morgan fingerprint density at radius 1 is 1.33 bits per heavy atom. The number of furan rings is 1. The van der Waals surface area contributed by atoms with Crippen LogP contribution in [0.3, 0.4) is 0 Å². The number of nitrogens with zero attached hydrogens (tertiary/aromatic N) is 1. The van der Waals surface area contributed by atoms with Gasteiger partial charge in [-0.1, -0.05) is 13.3 Å². The van der Waals surface area contributed by atoms with E-state index < -0.39 is 0 Å². The van der Waals surface area contributed by atoms with Gasteiger partial charge in [0.2, 0.25) is 0 Å². The monoisotopic (exact) mass is 249 g/mol. The maximum absolute atomic E-state index is 11.2. The first kappa shape index (κ1) is 13.2. The largest absolute Gasteiger partial charge is 0.437 e. The van der Waals surface area contributed by atoms with E-state index in [2.05, 4.69) is 18.9 Å². The Labute approximate surface area is 109 Å². The van der Waals surface area contributed by atoms with E-state index in [1.165, 1.54) is 39.0 Å². The summed E-state index contributed by atoms with van der Waals surface area (Å²) in [6, 6.07) is 4.23. The molecule has 0 radical (unpaired) electrons. The molecule has 2 rings (SSSR count). The second-order valence-corrected chi connectivity index (χ2v) is 5.39. The van der Waals surface area contributed by atoms with Crippen molar-refractivity contribution < 1.29 is 9.21 Å². The quantitative estimate of drug-likeness (QED) is 0.759. The molecule has 0 bridgehead atoms. The molecule has 1 aliphatic rings. The van der Waals surface area contributed by atoms with Gasteiger partial charge in [0, 0.05) is 26.1 Å². The van der Waals surface area contributed by atoms with E-state index in [1.54, 1.807) is 6.07 Å². The fourth-order valence-electron chi connectivity index (χ4n) is 2.83. The summed E-state index contributed by atoms with van der Waals surface area (Å²) in [5.41, 5.74) is 0. The fraction of sp³-hybridized carbons (Fsp3) is 0.667. The van der Waals surface area contributed by atoms with Crippen molar-refractivity contribution in [3.05, 3.63) is 17.9 Å².